The lowest BCUT2D eigenvalue weighted by atomic mass is 9.96. The van der Waals surface area contributed by atoms with Crippen LogP contribution in [0, 0.1) is 5.92 Å². The Bertz CT molecular complexity index is 388. The number of hydrogen-bond donors (Lipinski definition) is 1. The molecule has 1 fully saturated rings. The zero-order valence-corrected chi connectivity index (χ0v) is 11.5. The summed E-state index contributed by atoms with van der Waals surface area (Å²) in [6, 6.07) is 0. The van der Waals surface area contributed by atoms with Gasteiger partial charge in [0, 0.05) is 18.4 Å². The highest BCUT2D eigenvalue weighted by Gasteiger charge is 2.31. The first-order valence-electron chi connectivity index (χ1n) is 6.90. The summed E-state index contributed by atoms with van der Waals surface area (Å²) in [5.41, 5.74) is 7.38. The molecule has 0 bridgehead atoms. The number of rotatable bonds is 5. The monoisotopic (exact) mass is 235 g/mol. The Balaban J connectivity index is 2.27. The molecular formula is C14H25N3. The molecule has 17 heavy (non-hydrogen) atoms. The summed E-state index contributed by atoms with van der Waals surface area (Å²) in [6.45, 7) is 9.85. The maximum atomic E-state index is 6.26. The molecule has 0 saturated heterocycles. The molecule has 1 aromatic rings. The summed E-state index contributed by atoms with van der Waals surface area (Å²) in [6.07, 6.45) is 3.73. The van der Waals surface area contributed by atoms with Crippen LogP contribution in [0.2, 0.25) is 0 Å². The zero-order valence-electron chi connectivity index (χ0n) is 11.5. The topological polar surface area (TPSA) is 43.8 Å². The van der Waals surface area contributed by atoms with Gasteiger partial charge in [0.25, 0.3) is 0 Å². The fourth-order valence-electron chi connectivity index (χ4n) is 2.67. The van der Waals surface area contributed by atoms with Gasteiger partial charge in [-0.2, -0.15) is 0 Å². The lowest BCUT2D eigenvalue weighted by Crippen LogP contribution is -2.06. The minimum absolute atomic E-state index is 0.472. The van der Waals surface area contributed by atoms with Crippen molar-refractivity contribution in [2.75, 3.05) is 5.73 Å². The highest BCUT2D eigenvalue weighted by Crippen LogP contribution is 2.42. The van der Waals surface area contributed by atoms with Crippen molar-refractivity contribution in [3.05, 3.63) is 11.5 Å². The van der Waals surface area contributed by atoms with Gasteiger partial charge in [-0.1, -0.05) is 20.8 Å². The Hall–Kier alpha value is -0.990. The lowest BCUT2D eigenvalue weighted by molar-refractivity contribution is 0.518. The highest BCUT2D eigenvalue weighted by atomic mass is 15.1. The third-order valence-corrected chi connectivity index (χ3v) is 3.62. The van der Waals surface area contributed by atoms with Crippen LogP contribution >= 0.6 is 0 Å². The maximum absolute atomic E-state index is 6.26. The van der Waals surface area contributed by atoms with Gasteiger partial charge in [0.05, 0.1) is 5.69 Å². The van der Waals surface area contributed by atoms with Crippen molar-refractivity contribution in [3.63, 3.8) is 0 Å². The summed E-state index contributed by atoms with van der Waals surface area (Å²) >= 11 is 0. The van der Waals surface area contributed by atoms with Crippen LogP contribution in [-0.2, 0) is 6.54 Å². The Labute approximate surface area is 104 Å². The van der Waals surface area contributed by atoms with E-state index in [9.17, 15) is 0 Å². The number of hydrogen-bond acceptors (Lipinski definition) is 2. The lowest BCUT2D eigenvalue weighted by Gasteiger charge is -2.12. The molecule has 1 aliphatic carbocycles. The van der Waals surface area contributed by atoms with E-state index in [0.717, 1.165) is 24.5 Å². The second-order valence-corrected chi connectivity index (χ2v) is 5.79. The molecule has 1 unspecified atom stereocenters. The van der Waals surface area contributed by atoms with Crippen molar-refractivity contribution in [2.45, 2.75) is 65.3 Å². The molecule has 3 nitrogen and oxygen atoms in total. The molecule has 0 spiro atoms. The Morgan fingerprint density at radius 3 is 2.47 bits per heavy atom. The average molecular weight is 235 g/mol. The minimum atomic E-state index is 0.472. The summed E-state index contributed by atoms with van der Waals surface area (Å²) in [5, 5.41) is 0. The van der Waals surface area contributed by atoms with E-state index in [1.165, 1.54) is 18.7 Å². The second kappa shape index (κ2) is 4.71. The zero-order chi connectivity index (χ0) is 12.6. The fraction of sp³-hybridized carbons (Fsp3) is 0.786. The highest BCUT2D eigenvalue weighted by molar-refractivity contribution is 5.41. The van der Waals surface area contributed by atoms with Crippen molar-refractivity contribution in [1.29, 1.82) is 0 Å². The van der Waals surface area contributed by atoms with Crippen LogP contribution in [0.4, 0.5) is 5.82 Å². The maximum Gasteiger partial charge on any atom is 0.127 e. The molecule has 2 rings (SSSR count). The van der Waals surface area contributed by atoms with E-state index in [4.69, 9.17) is 10.7 Å². The number of anilines is 1. The van der Waals surface area contributed by atoms with Crippen LogP contribution in [0.15, 0.2) is 0 Å². The number of imidazole rings is 1. The minimum Gasteiger partial charge on any atom is -0.384 e. The van der Waals surface area contributed by atoms with Crippen molar-refractivity contribution < 1.29 is 0 Å². The van der Waals surface area contributed by atoms with Gasteiger partial charge in [-0.25, -0.2) is 4.98 Å². The van der Waals surface area contributed by atoms with Crippen molar-refractivity contribution in [1.82, 2.24) is 9.55 Å². The van der Waals surface area contributed by atoms with Gasteiger partial charge in [0.2, 0.25) is 0 Å². The van der Waals surface area contributed by atoms with Gasteiger partial charge in [-0.15, -0.1) is 0 Å². The average Bonchev–Trinajstić information content (AvgIpc) is 3.02. The SMILES string of the molecule is CCn1c(C2CC2)nc(C(C)CC(C)C)c1N. The van der Waals surface area contributed by atoms with Crippen LogP contribution < -0.4 is 5.73 Å². The third kappa shape index (κ3) is 2.48. The molecule has 0 radical (unpaired) electrons. The van der Waals surface area contributed by atoms with Crippen LogP contribution in [0.1, 0.15) is 70.3 Å². The van der Waals surface area contributed by atoms with Gasteiger partial charge in [-0.05, 0) is 32.1 Å². The van der Waals surface area contributed by atoms with E-state index in [-0.39, 0.29) is 0 Å². The molecule has 0 aliphatic heterocycles. The van der Waals surface area contributed by atoms with Crippen molar-refractivity contribution in [2.24, 2.45) is 5.92 Å². The van der Waals surface area contributed by atoms with E-state index < -0.39 is 0 Å². The van der Waals surface area contributed by atoms with E-state index in [1.807, 2.05) is 0 Å². The van der Waals surface area contributed by atoms with Crippen LogP contribution in [0.5, 0.6) is 0 Å². The largest absolute Gasteiger partial charge is 0.384 e. The summed E-state index contributed by atoms with van der Waals surface area (Å²) in [4.78, 5) is 4.83. The van der Waals surface area contributed by atoms with Crippen LogP contribution in [0.3, 0.4) is 0 Å². The molecule has 3 heteroatoms. The quantitative estimate of drug-likeness (QED) is 0.848. The van der Waals surface area contributed by atoms with E-state index >= 15 is 0 Å². The predicted molar refractivity (Wildman–Crippen MR) is 72.2 cm³/mol. The summed E-state index contributed by atoms with van der Waals surface area (Å²) in [5.74, 6) is 3.98. The first kappa shape index (κ1) is 12.5. The van der Waals surface area contributed by atoms with E-state index in [2.05, 4.69) is 32.3 Å². The van der Waals surface area contributed by atoms with Gasteiger partial charge < -0.3 is 10.3 Å². The number of nitrogen functional groups attached to an aromatic ring is 1. The molecule has 2 N–H and O–H groups in total. The smallest absolute Gasteiger partial charge is 0.127 e. The van der Waals surface area contributed by atoms with Crippen LogP contribution in [-0.4, -0.2) is 9.55 Å². The summed E-state index contributed by atoms with van der Waals surface area (Å²) in [7, 11) is 0. The number of aromatic nitrogens is 2. The Morgan fingerprint density at radius 1 is 1.35 bits per heavy atom. The number of nitrogens with two attached hydrogens (primary N) is 1. The second-order valence-electron chi connectivity index (χ2n) is 5.79. The fourth-order valence-corrected chi connectivity index (χ4v) is 2.67. The standard InChI is InChI=1S/C14H25N3/c1-5-17-13(15)12(10(4)8-9(2)3)16-14(17)11-6-7-11/h9-11H,5-8,15H2,1-4H3. The van der Waals surface area contributed by atoms with E-state index in [1.54, 1.807) is 0 Å². The predicted octanol–water partition coefficient (Wildman–Crippen LogP) is 3.51. The van der Waals surface area contributed by atoms with Gasteiger partial charge in [-0.3, -0.25) is 0 Å². The molecular weight excluding hydrogens is 210 g/mol. The van der Waals surface area contributed by atoms with Gasteiger partial charge in [0.1, 0.15) is 11.6 Å². The van der Waals surface area contributed by atoms with Gasteiger partial charge in [0.15, 0.2) is 0 Å². The summed E-state index contributed by atoms with van der Waals surface area (Å²) < 4.78 is 2.21. The molecule has 1 saturated carbocycles. The number of nitrogens with zero attached hydrogens (tertiary/aromatic N) is 2. The third-order valence-electron chi connectivity index (χ3n) is 3.62. The molecule has 1 heterocycles. The first-order valence-corrected chi connectivity index (χ1v) is 6.90. The van der Waals surface area contributed by atoms with Gasteiger partial charge >= 0.3 is 0 Å². The molecule has 1 aliphatic rings. The van der Waals surface area contributed by atoms with E-state index in [0.29, 0.717) is 17.8 Å². The van der Waals surface area contributed by atoms with Crippen molar-refractivity contribution >= 4 is 5.82 Å². The Kier molecular flexibility index (Phi) is 3.45. The molecule has 1 aromatic heterocycles. The van der Waals surface area contributed by atoms with Crippen LogP contribution in [0.25, 0.3) is 0 Å². The van der Waals surface area contributed by atoms with Crippen molar-refractivity contribution in [3.8, 4) is 0 Å². The molecule has 96 valence electrons. The molecule has 0 aromatic carbocycles. The molecule has 0 amide bonds. The molecule has 1 atom stereocenters. The normalized spacial score (nSPS) is 17.7. The first-order chi connectivity index (χ1) is 8.04. The Morgan fingerprint density at radius 2 is 2.00 bits per heavy atom.